The van der Waals surface area contributed by atoms with Gasteiger partial charge in [0.1, 0.15) is 0 Å². The molecule has 1 fully saturated rings. The Bertz CT molecular complexity index is 334. The van der Waals surface area contributed by atoms with Crippen molar-refractivity contribution in [2.75, 3.05) is 6.61 Å². The van der Waals surface area contributed by atoms with E-state index in [0.29, 0.717) is 6.10 Å². The molecule has 2 unspecified atom stereocenters. The SMILES string of the molecule is Cn1cc(CC(CCC2CCCO2)NN)nn1. The Balaban J connectivity index is 1.75. The molecule has 0 spiro atoms. The lowest BCUT2D eigenvalue weighted by molar-refractivity contribution is 0.0995. The number of ether oxygens (including phenoxy) is 1. The molecule has 3 N–H and O–H groups in total. The molecule has 0 radical (unpaired) electrons. The van der Waals surface area contributed by atoms with Crippen LogP contribution in [0.3, 0.4) is 0 Å². The molecule has 1 aliphatic heterocycles. The highest BCUT2D eigenvalue weighted by atomic mass is 16.5. The second kappa shape index (κ2) is 6.09. The van der Waals surface area contributed by atoms with Crippen LogP contribution in [-0.4, -0.2) is 33.7 Å². The molecule has 0 amide bonds. The van der Waals surface area contributed by atoms with Gasteiger partial charge in [-0.05, 0) is 25.7 Å². The zero-order valence-corrected chi connectivity index (χ0v) is 10.3. The van der Waals surface area contributed by atoms with Gasteiger partial charge in [0.25, 0.3) is 0 Å². The molecule has 2 rings (SSSR count). The van der Waals surface area contributed by atoms with Crippen LogP contribution in [0.25, 0.3) is 0 Å². The van der Waals surface area contributed by atoms with E-state index < -0.39 is 0 Å². The van der Waals surface area contributed by atoms with Crippen molar-refractivity contribution in [3.05, 3.63) is 11.9 Å². The van der Waals surface area contributed by atoms with E-state index in [2.05, 4.69) is 15.7 Å². The summed E-state index contributed by atoms with van der Waals surface area (Å²) in [7, 11) is 1.87. The van der Waals surface area contributed by atoms with Gasteiger partial charge in [-0.2, -0.15) is 0 Å². The summed E-state index contributed by atoms with van der Waals surface area (Å²) in [6, 6.07) is 0.246. The first-order valence-corrected chi connectivity index (χ1v) is 6.21. The number of nitrogens with one attached hydrogen (secondary N) is 1. The number of hydrazine groups is 1. The lowest BCUT2D eigenvalue weighted by Crippen LogP contribution is -2.37. The summed E-state index contributed by atoms with van der Waals surface area (Å²) in [6.07, 6.45) is 7.62. The van der Waals surface area contributed by atoms with Gasteiger partial charge in [-0.25, -0.2) is 0 Å². The van der Waals surface area contributed by atoms with Crippen LogP contribution in [0.4, 0.5) is 0 Å². The molecule has 0 aliphatic carbocycles. The van der Waals surface area contributed by atoms with Crippen molar-refractivity contribution in [2.45, 2.75) is 44.2 Å². The highest BCUT2D eigenvalue weighted by Crippen LogP contribution is 2.18. The number of hydrogen-bond donors (Lipinski definition) is 2. The quantitative estimate of drug-likeness (QED) is 0.546. The van der Waals surface area contributed by atoms with E-state index in [1.807, 2.05) is 13.2 Å². The fourth-order valence-corrected chi connectivity index (χ4v) is 2.24. The maximum atomic E-state index is 5.60. The number of aryl methyl sites for hydroxylation is 1. The summed E-state index contributed by atoms with van der Waals surface area (Å²) in [4.78, 5) is 0. The normalized spacial score (nSPS) is 21.9. The first-order chi connectivity index (χ1) is 8.28. The third-order valence-corrected chi connectivity index (χ3v) is 3.20. The topological polar surface area (TPSA) is 78.0 Å². The van der Waals surface area contributed by atoms with E-state index in [9.17, 15) is 0 Å². The summed E-state index contributed by atoms with van der Waals surface area (Å²) >= 11 is 0. The van der Waals surface area contributed by atoms with Crippen LogP contribution in [0.15, 0.2) is 6.20 Å². The lowest BCUT2D eigenvalue weighted by atomic mass is 10.0. The summed E-state index contributed by atoms with van der Waals surface area (Å²) in [5.74, 6) is 5.57. The Labute approximate surface area is 101 Å². The van der Waals surface area contributed by atoms with Crippen LogP contribution < -0.4 is 11.3 Å². The van der Waals surface area contributed by atoms with Crippen molar-refractivity contribution < 1.29 is 4.74 Å². The van der Waals surface area contributed by atoms with E-state index in [0.717, 1.165) is 31.6 Å². The average Bonchev–Trinajstić information content (AvgIpc) is 2.96. The van der Waals surface area contributed by atoms with Gasteiger partial charge in [-0.3, -0.25) is 16.0 Å². The molecule has 1 aromatic heterocycles. The summed E-state index contributed by atoms with van der Waals surface area (Å²) in [5.41, 5.74) is 3.83. The molecule has 0 aromatic carbocycles. The Morgan fingerprint density at radius 1 is 1.71 bits per heavy atom. The van der Waals surface area contributed by atoms with Gasteiger partial charge < -0.3 is 4.74 Å². The molecule has 1 aliphatic rings. The number of nitrogens with zero attached hydrogens (tertiary/aromatic N) is 3. The van der Waals surface area contributed by atoms with E-state index >= 15 is 0 Å². The standard InChI is InChI=1S/C11H21N5O/c1-16-8-10(14-15-16)7-9(13-12)4-5-11-3-2-6-17-11/h8-9,11,13H,2-7,12H2,1H3. The highest BCUT2D eigenvalue weighted by Gasteiger charge is 2.18. The van der Waals surface area contributed by atoms with Crippen LogP contribution in [0.5, 0.6) is 0 Å². The van der Waals surface area contributed by atoms with Crippen molar-refractivity contribution in [1.29, 1.82) is 0 Å². The molecular formula is C11H21N5O. The first kappa shape index (κ1) is 12.5. The van der Waals surface area contributed by atoms with Crippen LogP contribution in [0, 0.1) is 0 Å². The Hall–Kier alpha value is -0.980. The minimum atomic E-state index is 0.246. The monoisotopic (exact) mass is 239 g/mol. The van der Waals surface area contributed by atoms with E-state index in [4.69, 9.17) is 10.6 Å². The maximum absolute atomic E-state index is 5.60. The predicted octanol–water partition coefficient (Wildman–Crippen LogP) is 0.149. The third kappa shape index (κ3) is 3.76. The van der Waals surface area contributed by atoms with Crippen molar-refractivity contribution >= 4 is 0 Å². The second-order valence-corrected chi connectivity index (χ2v) is 4.66. The molecule has 0 bridgehead atoms. The molecule has 0 saturated carbocycles. The average molecular weight is 239 g/mol. The minimum absolute atomic E-state index is 0.246. The second-order valence-electron chi connectivity index (χ2n) is 4.66. The van der Waals surface area contributed by atoms with Crippen molar-refractivity contribution in [2.24, 2.45) is 12.9 Å². The third-order valence-electron chi connectivity index (χ3n) is 3.20. The van der Waals surface area contributed by atoms with E-state index in [-0.39, 0.29) is 6.04 Å². The first-order valence-electron chi connectivity index (χ1n) is 6.21. The van der Waals surface area contributed by atoms with Crippen molar-refractivity contribution in [3.63, 3.8) is 0 Å². The van der Waals surface area contributed by atoms with Crippen molar-refractivity contribution in [3.8, 4) is 0 Å². The van der Waals surface area contributed by atoms with Crippen molar-refractivity contribution in [1.82, 2.24) is 20.4 Å². The number of rotatable bonds is 6. The number of hydrogen-bond acceptors (Lipinski definition) is 5. The fourth-order valence-electron chi connectivity index (χ4n) is 2.24. The summed E-state index contributed by atoms with van der Waals surface area (Å²) < 4.78 is 7.31. The molecule has 96 valence electrons. The van der Waals surface area contributed by atoms with Crippen LogP contribution >= 0.6 is 0 Å². The van der Waals surface area contributed by atoms with Gasteiger partial charge in [-0.15, -0.1) is 5.10 Å². The fraction of sp³-hybridized carbons (Fsp3) is 0.818. The predicted molar refractivity (Wildman–Crippen MR) is 64.0 cm³/mol. The minimum Gasteiger partial charge on any atom is -0.378 e. The van der Waals surface area contributed by atoms with Gasteiger partial charge in [0.15, 0.2) is 0 Å². The molecule has 1 saturated heterocycles. The molecule has 6 heteroatoms. The Morgan fingerprint density at radius 2 is 2.59 bits per heavy atom. The zero-order chi connectivity index (χ0) is 12.1. The van der Waals surface area contributed by atoms with Crippen LogP contribution in [0.1, 0.15) is 31.4 Å². The Morgan fingerprint density at radius 3 is 3.18 bits per heavy atom. The molecule has 2 heterocycles. The van der Waals surface area contributed by atoms with Crippen LogP contribution in [0.2, 0.25) is 0 Å². The number of aromatic nitrogens is 3. The van der Waals surface area contributed by atoms with Gasteiger partial charge in [-0.1, -0.05) is 5.21 Å². The van der Waals surface area contributed by atoms with Gasteiger partial charge in [0.05, 0.1) is 11.8 Å². The smallest absolute Gasteiger partial charge is 0.0843 e. The van der Waals surface area contributed by atoms with Gasteiger partial charge >= 0.3 is 0 Å². The molecule has 17 heavy (non-hydrogen) atoms. The molecular weight excluding hydrogens is 218 g/mol. The summed E-state index contributed by atoms with van der Waals surface area (Å²) in [6.45, 7) is 0.912. The highest BCUT2D eigenvalue weighted by molar-refractivity contribution is 4.95. The molecule has 1 aromatic rings. The van der Waals surface area contributed by atoms with E-state index in [1.54, 1.807) is 4.68 Å². The maximum Gasteiger partial charge on any atom is 0.0843 e. The summed E-state index contributed by atoms with van der Waals surface area (Å²) in [5, 5.41) is 7.98. The molecule has 2 atom stereocenters. The van der Waals surface area contributed by atoms with Gasteiger partial charge in [0, 0.05) is 32.3 Å². The van der Waals surface area contributed by atoms with Gasteiger partial charge in [0.2, 0.25) is 0 Å². The van der Waals surface area contributed by atoms with Crippen LogP contribution in [-0.2, 0) is 18.2 Å². The zero-order valence-electron chi connectivity index (χ0n) is 10.3. The number of nitrogens with two attached hydrogens (primary N) is 1. The molecule has 6 nitrogen and oxygen atoms in total. The largest absolute Gasteiger partial charge is 0.378 e. The van der Waals surface area contributed by atoms with E-state index in [1.165, 1.54) is 12.8 Å². The Kier molecular flexibility index (Phi) is 4.47. The lowest BCUT2D eigenvalue weighted by Gasteiger charge is -2.16.